The number of aromatic hydroxyl groups is 1. The Morgan fingerprint density at radius 1 is 1.32 bits per heavy atom. The van der Waals surface area contributed by atoms with E-state index in [0.29, 0.717) is 6.42 Å². The highest BCUT2D eigenvalue weighted by molar-refractivity contribution is 5.75. The number of ether oxygens (including phenoxy) is 2. The molecular weight excluding hydrogens is 280 g/mol. The number of benzene rings is 1. The SMILES string of the molecule is CCCC(C)OC(Cc1cccc(O)c1)C(=O)OC(C)(C)C. The first kappa shape index (κ1) is 18.5. The highest BCUT2D eigenvalue weighted by Gasteiger charge is 2.27. The third-order valence-corrected chi connectivity index (χ3v) is 3.09. The molecule has 0 spiro atoms. The number of carbonyl (C=O) groups excluding carboxylic acids is 1. The van der Waals surface area contributed by atoms with Gasteiger partial charge in [0.05, 0.1) is 6.10 Å². The molecule has 0 fully saturated rings. The molecule has 4 nitrogen and oxygen atoms in total. The largest absolute Gasteiger partial charge is 0.508 e. The highest BCUT2D eigenvalue weighted by atomic mass is 16.6. The van der Waals surface area contributed by atoms with Gasteiger partial charge in [-0.3, -0.25) is 0 Å². The summed E-state index contributed by atoms with van der Waals surface area (Å²) in [7, 11) is 0. The Morgan fingerprint density at radius 3 is 2.55 bits per heavy atom. The van der Waals surface area contributed by atoms with Gasteiger partial charge in [-0.25, -0.2) is 4.79 Å². The van der Waals surface area contributed by atoms with E-state index in [1.807, 2.05) is 33.8 Å². The number of hydrogen-bond acceptors (Lipinski definition) is 4. The molecule has 2 atom stereocenters. The van der Waals surface area contributed by atoms with Crippen LogP contribution in [0.15, 0.2) is 24.3 Å². The van der Waals surface area contributed by atoms with Gasteiger partial charge in [0, 0.05) is 6.42 Å². The number of esters is 1. The molecule has 22 heavy (non-hydrogen) atoms. The van der Waals surface area contributed by atoms with Crippen LogP contribution in [0.4, 0.5) is 0 Å². The van der Waals surface area contributed by atoms with Gasteiger partial charge in [0.25, 0.3) is 0 Å². The fourth-order valence-corrected chi connectivity index (χ4v) is 2.21. The lowest BCUT2D eigenvalue weighted by Crippen LogP contribution is -2.36. The van der Waals surface area contributed by atoms with E-state index in [-0.39, 0.29) is 17.8 Å². The molecule has 2 unspecified atom stereocenters. The van der Waals surface area contributed by atoms with Crippen molar-refractivity contribution >= 4 is 5.97 Å². The topological polar surface area (TPSA) is 55.8 Å². The quantitative estimate of drug-likeness (QED) is 0.777. The van der Waals surface area contributed by atoms with Gasteiger partial charge >= 0.3 is 5.97 Å². The van der Waals surface area contributed by atoms with Gasteiger partial charge in [0.15, 0.2) is 6.10 Å². The molecule has 1 aromatic rings. The van der Waals surface area contributed by atoms with Crippen molar-refractivity contribution in [3.8, 4) is 5.75 Å². The standard InChI is InChI=1S/C18H28O4/c1-6-8-13(2)21-16(17(20)22-18(3,4)5)12-14-9-7-10-15(19)11-14/h7,9-11,13,16,19H,6,8,12H2,1-5H3. The summed E-state index contributed by atoms with van der Waals surface area (Å²) in [4.78, 5) is 12.4. The molecule has 0 aliphatic rings. The molecule has 0 aromatic heterocycles. The predicted octanol–water partition coefficient (Wildman–Crippen LogP) is 3.85. The maximum absolute atomic E-state index is 12.4. The van der Waals surface area contributed by atoms with Crippen LogP contribution in [0, 0.1) is 0 Å². The molecule has 4 heteroatoms. The van der Waals surface area contributed by atoms with Crippen LogP contribution < -0.4 is 0 Å². The van der Waals surface area contributed by atoms with E-state index < -0.39 is 11.7 Å². The molecule has 0 bridgehead atoms. The van der Waals surface area contributed by atoms with E-state index in [9.17, 15) is 9.90 Å². The normalized spacial score (nSPS) is 14.4. The lowest BCUT2D eigenvalue weighted by atomic mass is 10.1. The van der Waals surface area contributed by atoms with Crippen molar-refractivity contribution in [1.29, 1.82) is 0 Å². The summed E-state index contributed by atoms with van der Waals surface area (Å²) in [5.41, 5.74) is 0.297. The zero-order valence-corrected chi connectivity index (χ0v) is 14.3. The summed E-state index contributed by atoms with van der Waals surface area (Å²) in [6.07, 6.45) is 1.59. The van der Waals surface area contributed by atoms with Crippen LogP contribution in [0.3, 0.4) is 0 Å². The van der Waals surface area contributed by atoms with E-state index in [0.717, 1.165) is 18.4 Å². The van der Waals surface area contributed by atoms with Crippen molar-refractivity contribution in [2.24, 2.45) is 0 Å². The van der Waals surface area contributed by atoms with E-state index in [2.05, 4.69) is 6.92 Å². The summed E-state index contributed by atoms with van der Waals surface area (Å²) in [5, 5.41) is 9.56. The molecule has 1 N–H and O–H groups in total. The number of phenolic OH excluding ortho intramolecular Hbond substituents is 1. The number of carbonyl (C=O) groups is 1. The molecule has 0 amide bonds. The highest BCUT2D eigenvalue weighted by Crippen LogP contribution is 2.18. The Labute approximate surface area is 133 Å². The van der Waals surface area contributed by atoms with Crippen molar-refractivity contribution in [2.75, 3.05) is 0 Å². The second kappa shape index (κ2) is 8.18. The van der Waals surface area contributed by atoms with Crippen LogP contribution in [0.25, 0.3) is 0 Å². The van der Waals surface area contributed by atoms with E-state index >= 15 is 0 Å². The van der Waals surface area contributed by atoms with Gasteiger partial charge in [-0.1, -0.05) is 25.5 Å². The van der Waals surface area contributed by atoms with Gasteiger partial charge in [-0.05, 0) is 51.8 Å². The average Bonchev–Trinajstić information content (AvgIpc) is 2.36. The minimum Gasteiger partial charge on any atom is -0.508 e. The van der Waals surface area contributed by atoms with Crippen molar-refractivity contribution in [3.63, 3.8) is 0 Å². The Balaban J connectivity index is 2.83. The van der Waals surface area contributed by atoms with Gasteiger partial charge in [-0.2, -0.15) is 0 Å². The van der Waals surface area contributed by atoms with Crippen LogP contribution in [-0.4, -0.2) is 28.9 Å². The predicted molar refractivity (Wildman–Crippen MR) is 86.9 cm³/mol. The van der Waals surface area contributed by atoms with Crippen LogP contribution >= 0.6 is 0 Å². The second-order valence-corrected chi connectivity index (χ2v) is 6.63. The van der Waals surface area contributed by atoms with Gasteiger partial charge in [0.2, 0.25) is 0 Å². The van der Waals surface area contributed by atoms with Crippen LogP contribution in [0.5, 0.6) is 5.75 Å². The average molecular weight is 308 g/mol. The Hall–Kier alpha value is -1.55. The summed E-state index contributed by atoms with van der Waals surface area (Å²) < 4.78 is 11.3. The second-order valence-electron chi connectivity index (χ2n) is 6.63. The first-order chi connectivity index (χ1) is 10.2. The lowest BCUT2D eigenvalue weighted by molar-refractivity contribution is -0.172. The fraction of sp³-hybridized carbons (Fsp3) is 0.611. The molecule has 0 saturated carbocycles. The summed E-state index contributed by atoms with van der Waals surface area (Å²) in [6, 6.07) is 6.87. The summed E-state index contributed by atoms with van der Waals surface area (Å²) in [6.45, 7) is 9.56. The molecule has 0 saturated heterocycles. The van der Waals surface area contributed by atoms with Gasteiger partial charge in [-0.15, -0.1) is 0 Å². The van der Waals surface area contributed by atoms with Gasteiger partial charge in [0.1, 0.15) is 11.4 Å². The summed E-state index contributed by atoms with van der Waals surface area (Å²) >= 11 is 0. The van der Waals surface area contributed by atoms with E-state index in [1.54, 1.807) is 18.2 Å². The molecule has 0 radical (unpaired) electrons. The van der Waals surface area contributed by atoms with Crippen LogP contribution in [-0.2, 0) is 20.7 Å². The summed E-state index contributed by atoms with van der Waals surface area (Å²) in [5.74, 6) is -0.180. The van der Waals surface area contributed by atoms with E-state index in [4.69, 9.17) is 9.47 Å². The third kappa shape index (κ3) is 6.94. The van der Waals surface area contributed by atoms with Crippen molar-refractivity contribution in [3.05, 3.63) is 29.8 Å². The minimum absolute atomic E-state index is 0.0140. The van der Waals surface area contributed by atoms with Crippen LogP contribution in [0.1, 0.15) is 53.0 Å². The van der Waals surface area contributed by atoms with Crippen molar-refractivity contribution < 1.29 is 19.4 Å². The van der Waals surface area contributed by atoms with Gasteiger partial charge < -0.3 is 14.6 Å². The zero-order valence-electron chi connectivity index (χ0n) is 14.3. The first-order valence-corrected chi connectivity index (χ1v) is 7.87. The third-order valence-electron chi connectivity index (χ3n) is 3.09. The maximum atomic E-state index is 12.4. The molecule has 1 rings (SSSR count). The molecule has 124 valence electrons. The van der Waals surface area contributed by atoms with E-state index in [1.165, 1.54) is 0 Å². The maximum Gasteiger partial charge on any atom is 0.336 e. The Bertz CT molecular complexity index is 476. The number of rotatable bonds is 7. The van der Waals surface area contributed by atoms with Crippen molar-refractivity contribution in [2.45, 2.75) is 71.7 Å². The molecule has 1 aromatic carbocycles. The molecule has 0 heterocycles. The first-order valence-electron chi connectivity index (χ1n) is 7.87. The van der Waals surface area contributed by atoms with Crippen molar-refractivity contribution in [1.82, 2.24) is 0 Å². The monoisotopic (exact) mass is 308 g/mol. The smallest absolute Gasteiger partial charge is 0.336 e. The molecular formula is C18H28O4. The number of phenols is 1. The fourth-order valence-electron chi connectivity index (χ4n) is 2.21. The minimum atomic E-state index is -0.664. The molecule has 0 aliphatic heterocycles. The lowest BCUT2D eigenvalue weighted by Gasteiger charge is -2.26. The Kier molecular flexibility index (Phi) is 6.88. The Morgan fingerprint density at radius 2 is 2.00 bits per heavy atom. The number of hydrogen-bond donors (Lipinski definition) is 1. The zero-order chi connectivity index (χ0) is 16.8. The van der Waals surface area contributed by atoms with Crippen LogP contribution in [0.2, 0.25) is 0 Å². The molecule has 0 aliphatic carbocycles.